The van der Waals surface area contributed by atoms with Crippen molar-refractivity contribution in [2.75, 3.05) is 0 Å². The Balaban J connectivity index is 0.000000197. The third-order valence-corrected chi connectivity index (χ3v) is 3.17. The van der Waals surface area contributed by atoms with E-state index in [4.69, 9.17) is 25.3 Å². The van der Waals surface area contributed by atoms with Crippen LogP contribution in [0, 0.1) is 11.3 Å². The molecular weight excluding hydrogens is 334 g/mol. The van der Waals surface area contributed by atoms with Crippen LogP contribution in [0.5, 0.6) is 23.0 Å². The largest absolute Gasteiger partial charge is 0.508 e. The zero-order valence-electron chi connectivity index (χ0n) is 13.5. The summed E-state index contributed by atoms with van der Waals surface area (Å²) in [6.07, 6.45) is 0. The van der Waals surface area contributed by atoms with Gasteiger partial charge in [-0.15, -0.1) is 0 Å². The van der Waals surface area contributed by atoms with Crippen molar-refractivity contribution in [1.82, 2.24) is 0 Å². The average molecular weight is 349 g/mol. The molecule has 0 bridgehead atoms. The van der Waals surface area contributed by atoms with Crippen molar-refractivity contribution in [3.63, 3.8) is 0 Å². The number of benzene rings is 3. The van der Waals surface area contributed by atoms with Crippen LogP contribution in [-0.2, 0) is 0 Å². The molecule has 0 aromatic heterocycles. The highest BCUT2D eigenvalue weighted by Crippen LogP contribution is 2.24. The molecule has 0 spiro atoms. The molecule has 130 valence electrons. The molecule has 3 rings (SSSR count). The quantitative estimate of drug-likeness (QED) is 0.655. The van der Waals surface area contributed by atoms with Gasteiger partial charge < -0.3 is 20.1 Å². The molecule has 0 aliphatic rings. The fourth-order valence-corrected chi connectivity index (χ4v) is 1.85. The van der Waals surface area contributed by atoms with Crippen molar-refractivity contribution in [2.24, 2.45) is 0 Å². The third-order valence-electron chi connectivity index (χ3n) is 3.17. The standard InChI is InChI=1S/C12H10O3.C8H5NO2/c13-9-1-5-11(6-2-9)15-12-7-3-10(14)4-8-12;9-5-6-1-3-7(4-2-6)8(10)11/h1-8,13-14H;1-4H,(H,10,11). The molecule has 6 nitrogen and oxygen atoms in total. The molecule has 0 amide bonds. The second-order valence-electron chi connectivity index (χ2n) is 5.08. The number of phenols is 2. The van der Waals surface area contributed by atoms with Gasteiger partial charge in [0.05, 0.1) is 17.2 Å². The minimum atomic E-state index is -0.977. The van der Waals surface area contributed by atoms with E-state index >= 15 is 0 Å². The number of carboxylic acids is 1. The van der Waals surface area contributed by atoms with Gasteiger partial charge in [0, 0.05) is 0 Å². The minimum Gasteiger partial charge on any atom is -0.508 e. The van der Waals surface area contributed by atoms with E-state index in [1.54, 1.807) is 48.5 Å². The first-order valence-electron chi connectivity index (χ1n) is 7.47. The number of carboxylic acid groups (broad SMARTS) is 1. The van der Waals surface area contributed by atoms with Crippen LogP contribution in [0.25, 0.3) is 0 Å². The predicted octanol–water partition coefficient (Wildman–Crippen LogP) is 4.15. The van der Waals surface area contributed by atoms with Crippen LogP contribution in [0.2, 0.25) is 0 Å². The van der Waals surface area contributed by atoms with Crippen LogP contribution in [-0.4, -0.2) is 21.3 Å². The predicted molar refractivity (Wildman–Crippen MR) is 94.4 cm³/mol. The Labute approximate surface area is 149 Å². The molecule has 0 aliphatic heterocycles. The Morgan fingerprint density at radius 2 is 1.19 bits per heavy atom. The van der Waals surface area contributed by atoms with Crippen molar-refractivity contribution in [3.05, 3.63) is 83.9 Å². The van der Waals surface area contributed by atoms with Crippen molar-refractivity contribution >= 4 is 5.97 Å². The highest BCUT2D eigenvalue weighted by Gasteiger charge is 2.00. The number of aromatic hydroxyl groups is 2. The van der Waals surface area contributed by atoms with Gasteiger partial charge in [-0.05, 0) is 72.8 Å². The first-order valence-corrected chi connectivity index (χ1v) is 7.47. The number of nitriles is 1. The summed E-state index contributed by atoms with van der Waals surface area (Å²) < 4.78 is 5.47. The van der Waals surface area contributed by atoms with Gasteiger partial charge >= 0.3 is 5.97 Å². The fraction of sp³-hybridized carbons (Fsp3) is 0. The van der Waals surface area contributed by atoms with Crippen LogP contribution in [0.4, 0.5) is 0 Å². The van der Waals surface area contributed by atoms with Gasteiger partial charge in [-0.3, -0.25) is 0 Å². The number of rotatable bonds is 3. The van der Waals surface area contributed by atoms with Gasteiger partial charge in [0.15, 0.2) is 0 Å². The zero-order valence-corrected chi connectivity index (χ0v) is 13.5. The normalized spacial score (nSPS) is 9.35. The first-order chi connectivity index (χ1) is 12.5. The number of hydrogen-bond donors (Lipinski definition) is 3. The van der Waals surface area contributed by atoms with E-state index < -0.39 is 5.97 Å². The summed E-state index contributed by atoms with van der Waals surface area (Å²) in [5, 5.41) is 35.0. The van der Waals surface area contributed by atoms with Crippen LogP contribution in [0.1, 0.15) is 15.9 Å². The van der Waals surface area contributed by atoms with Gasteiger partial charge in [0.25, 0.3) is 0 Å². The van der Waals surface area contributed by atoms with Crippen molar-refractivity contribution < 1.29 is 24.9 Å². The Hall–Kier alpha value is -3.98. The van der Waals surface area contributed by atoms with Gasteiger partial charge in [0.2, 0.25) is 0 Å². The molecule has 0 unspecified atom stereocenters. The number of carbonyl (C=O) groups is 1. The number of aromatic carboxylic acids is 1. The van der Waals surface area contributed by atoms with E-state index in [2.05, 4.69) is 0 Å². The summed E-state index contributed by atoms with van der Waals surface area (Å²) in [6.45, 7) is 0. The Morgan fingerprint density at radius 3 is 1.54 bits per heavy atom. The molecule has 0 radical (unpaired) electrons. The van der Waals surface area contributed by atoms with E-state index in [1.807, 2.05) is 6.07 Å². The first kappa shape index (κ1) is 18.4. The smallest absolute Gasteiger partial charge is 0.335 e. The molecule has 3 aromatic carbocycles. The third kappa shape index (κ3) is 5.58. The van der Waals surface area contributed by atoms with Gasteiger partial charge in [-0.1, -0.05) is 0 Å². The van der Waals surface area contributed by atoms with Crippen LogP contribution in [0.3, 0.4) is 0 Å². The summed E-state index contributed by atoms with van der Waals surface area (Å²) in [7, 11) is 0. The molecule has 0 saturated heterocycles. The maximum absolute atomic E-state index is 10.3. The molecule has 0 fully saturated rings. The Kier molecular flexibility index (Phi) is 6.18. The summed E-state index contributed by atoms with van der Waals surface area (Å²) in [5.74, 6) is 0.701. The second kappa shape index (κ2) is 8.76. The average Bonchev–Trinajstić information content (AvgIpc) is 2.66. The number of ether oxygens (including phenoxy) is 1. The maximum atomic E-state index is 10.3. The molecule has 0 aliphatic carbocycles. The van der Waals surface area contributed by atoms with E-state index in [9.17, 15) is 4.79 Å². The minimum absolute atomic E-state index is 0.198. The lowest BCUT2D eigenvalue weighted by Gasteiger charge is -2.05. The molecule has 3 N–H and O–H groups in total. The fourth-order valence-electron chi connectivity index (χ4n) is 1.85. The van der Waals surface area contributed by atoms with Crippen molar-refractivity contribution in [2.45, 2.75) is 0 Å². The number of hydrogen-bond acceptors (Lipinski definition) is 5. The molecule has 6 heteroatoms. The van der Waals surface area contributed by atoms with Crippen molar-refractivity contribution in [3.8, 4) is 29.1 Å². The molecule has 26 heavy (non-hydrogen) atoms. The van der Waals surface area contributed by atoms with E-state index in [1.165, 1.54) is 24.3 Å². The topological polar surface area (TPSA) is 111 Å². The summed E-state index contributed by atoms with van der Waals surface area (Å²) >= 11 is 0. The van der Waals surface area contributed by atoms with Crippen molar-refractivity contribution in [1.29, 1.82) is 5.26 Å². The lowest BCUT2D eigenvalue weighted by atomic mass is 10.1. The zero-order chi connectivity index (χ0) is 18.9. The van der Waals surface area contributed by atoms with Crippen LogP contribution >= 0.6 is 0 Å². The molecule has 0 saturated carbocycles. The molecular formula is C20H15NO5. The van der Waals surface area contributed by atoms with Gasteiger partial charge in [0.1, 0.15) is 23.0 Å². The summed E-state index contributed by atoms with van der Waals surface area (Å²) in [5.41, 5.74) is 0.666. The molecule has 0 heterocycles. The van der Waals surface area contributed by atoms with Gasteiger partial charge in [-0.2, -0.15) is 5.26 Å². The molecule has 0 atom stereocenters. The lowest BCUT2D eigenvalue weighted by Crippen LogP contribution is -1.94. The number of nitrogens with zero attached hydrogens (tertiary/aromatic N) is 1. The maximum Gasteiger partial charge on any atom is 0.335 e. The second-order valence-corrected chi connectivity index (χ2v) is 5.08. The highest BCUT2D eigenvalue weighted by molar-refractivity contribution is 5.87. The molecule has 3 aromatic rings. The summed E-state index contributed by atoms with van der Waals surface area (Å²) in [6, 6.07) is 20.5. The summed E-state index contributed by atoms with van der Waals surface area (Å²) in [4.78, 5) is 10.3. The van der Waals surface area contributed by atoms with E-state index in [0.29, 0.717) is 17.1 Å². The Morgan fingerprint density at radius 1 is 0.769 bits per heavy atom. The highest BCUT2D eigenvalue weighted by atomic mass is 16.5. The Bertz CT molecular complexity index is 851. The van der Waals surface area contributed by atoms with E-state index in [-0.39, 0.29) is 17.1 Å². The van der Waals surface area contributed by atoms with Crippen LogP contribution < -0.4 is 4.74 Å². The van der Waals surface area contributed by atoms with E-state index in [0.717, 1.165) is 0 Å². The number of phenolic OH excluding ortho intramolecular Hbond substituents is 2. The lowest BCUT2D eigenvalue weighted by molar-refractivity contribution is 0.0697. The van der Waals surface area contributed by atoms with Crippen LogP contribution in [0.15, 0.2) is 72.8 Å². The van der Waals surface area contributed by atoms with Gasteiger partial charge in [-0.25, -0.2) is 4.79 Å². The monoisotopic (exact) mass is 349 g/mol. The SMILES string of the molecule is N#Cc1ccc(C(=O)O)cc1.Oc1ccc(Oc2ccc(O)cc2)cc1.